The number of ether oxygens (including phenoxy) is 3. The van der Waals surface area contributed by atoms with Gasteiger partial charge in [0.25, 0.3) is 5.56 Å². The van der Waals surface area contributed by atoms with Crippen LogP contribution in [0.3, 0.4) is 0 Å². The average Bonchev–Trinajstić information content (AvgIpc) is 3.59. The molecular weight excluding hydrogens is 903 g/mol. The van der Waals surface area contributed by atoms with Gasteiger partial charge in [-0.1, -0.05) is 221 Å². The van der Waals surface area contributed by atoms with Gasteiger partial charge in [0.2, 0.25) is 0 Å². The summed E-state index contributed by atoms with van der Waals surface area (Å²) in [7, 11) is 0. The summed E-state index contributed by atoms with van der Waals surface area (Å²) in [4.78, 5) is 30.6. The Bertz CT molecular complexity index is 2360. The maximum absolute atomic E-state index is 13.7. The largest absolute Gasteiger partial charge is 0.358 e. The zero-order valence-corrected chi connectivity index (χ0v) is 35.1. The maximum atomic E-state index is 13.7. The van der Waals surface area contributed by atoms with Crippen LogP contribution in [0.25, 0.3) is 6.08 Å². The first-order valence-corrected chi connectivity index (χ1v) is 21.2. The fraction of sp³-hybridized carbons (Fsp3) is 0.143. The van der Waals surface area contributed by atoms with Gasteiger partial charge in [-0.2, -0.15) is 0 Å². The van der Waals surface area contributed by atoms with Crippen LogP contribution < -0.4 is 11.2 Å². The van der Waals surface area contributed by atoms with Crippen molar-refractivity contribution in [2.75, 3.05) is 6.61 Å². The second-order valence-electron chi connectivity index (χ2n) is 14.0. The SMILES string of the molecule is O=c1[nH]c(=O)n([C@@H]2O[C@H](COC(c3ccccc3)(c3ccccc3)c3ccccc3)[C@@H](OC(c3ccccc3)(c3ccccc3)c3ccccc3)[C@H]2I)cc1C=CBr. The van der Waals surface area contributed by atoms with E-state index in [9.17, 15) is 9.59 Å². The van der Waals surface area contributed by atoms with Crippen LogP contribution in [0.4, 0.5) is 0 Å². The molecule has 7 nitrogen and oxygen atoms in total. The number of nitrogens with zero attached hydrogens (tertiary/aromatic N) is 1. The minimum Gasteiger partial charge on any atom is -0.358 e. The highest BCUT2D eigenvalue weighted by atomic mass is 127. The number of aromatic amines is 1. The smallest absolute Gasteiger partial charge is 0.330 e. The van der Waals surface area contributed by atoms with Crippen molar-refractivity contribution >= 4 is 44.6 Å². The van der Waals surface area contributed by atoms with E-state index < -0.39 is 44.8 Å². The van der Waals surface area contributed by atoms with Crippen molar-refractivity contribution in [1.82, 2.24) is 9.55 Å². The molecule has 0 radical (unpaired) electrons. The van der Waals surface area contributed by atoms with E-state index >= 15 is 0 Å². The van der Waals surface area contributed by atoms with Gasteiger partial charge in [0.1, 0.15) is 23.4 Å². The third-order valence-electron chi connectivity index (χ3n) is 10.6. The van der Waals surface area contributed by atoms with E-state index in [4.69, 9.17) is 14.2 Å². The first-order chi connectivity index (χ1) is 28.5. The number of alkyl halides is 1. The molecule has 0 saturated carbocycles. The molecule has 1 fully saturated rings. The molecule has 8 rings (SSSR count). The lowest BCUT2D eigenvalue weighted by molar-refractivity contribution is -0.126. The molecule has 9 heteroatoms. The summed E-state index contributed by atoms with van der Waals surface area (Å²) in [6.45, 7) is 0.0695. The summed E-state index contributed by atoms with van der Waals surface area (Å²) in [6.07, 6.45) is 0.911. The number of H-pyrrole nitrogens is 1. The fourth-order valence-corrected chi connectivity index (χ4v) is 9.38. The van der Waals surface area contributed by atoms with E-state index in [1.807, 2.05) is 109 Å². The van der Waals surface area contributed by atoms with Gasteiger partial charge in [0, 0.05) is 6.20 Å². The van der Waals surface area contributed by atoms with E-state index in [-0.39, 0.29) is 6.61 Å². The predicted octanol–water partition coefficient (Wildman–Crippen LogP) is 9.99. The Labute approximate surface area is 359 Å². The zero-order valence-electron chi connectivity index (χ0n) is 31.3. The molecule has 0 amide bonds. The quantitative estimate of drug-likeness (QED) is 0.0708. The van der Waals surface area contributed by atoms with Crippen LogP contribution in [0.15, 0.2) is 203 Å². The molecule has 58 heavy (non-hydrogen) atoms. The summed E-state index contributed by atoms with van der Waals surface area (Å²) in [5, 5.41) is 0. The number of benzene rings is 6. The molecule has 2 heterocycles. The standard InChI is InChI=1S/C49H40BrIN2O5/c50-32-31-35-33-53(47(55)52-45(35)54)46-43(51)44(58-49(39-25-13-4-14-26-39,40-27-15-5-16-28-40)41-29-17-6-18-30-41)42(57-46)34-56-48(36-19-7-1-8-20-36,37-21-9-2-10-22-37)38-23-11-3-12-24-38/h1-33,42-44,46H,34H2,(H,52,54,55)/t42-,43-,44-,46-/m1/s1. The molecule has 1 saturated heterocycles. The van der Waals surface area contributed by atoms with Gasteiger partial charge in [0.15, 0.2) is 6.23 Å². The second kappa shape index (κ2) is 17.8. The molecular formula is C49H40BrIN2O5. The molecule has 7 aromatic rings. The average molecular weight is 944 g/mol. The van der Waals surface area contributed by atoms with Crippen LogP contribution in [0.1, 0.15) is 45.2 Å². The fourth-order valence-electron chi connectivity index (χ4n) is 7.97. The first-order valence-electron chi connectivity index (χ1n) is 19.0. The molecule has 0 bridgehead atoms. The number of rotatable bonds is 13. The molecule has 0 aliphatic carbocycles. The van der Waals surface area contributed by atoms with E-state index in [2.05, 4.69) is 116 Å². The molecule has 4 atom stereocenters. The Morgan fingerprint density at radius 3 is 1.38 bits per heavy atom. The van der Waals surface area contributed by atoms with Gasteiger partial charge in [-0.05, 0) is 44.4 Å². The van der Waals surface area contributed by atoms with Crippen molar-refractivity contribution in [3.63, 3.8) is 0 Å². The molecule has 1 aliphatic heterocycles. The molecule has 290 valence electrons. The van der Waals surface area contributed by atoms with Crippen molar-refractivity contribution in [2.45, 2.75) is 33.6 Å². The first kappa shape index (κ1) is 39.6. The second-order valence-corrected chi connectivity index (χ2v) is 16.0. The molecule has 1 aromatic heterocycles. The minimum atomic E-state index is -1.11. The van der Waals surface area contributed by atoms with Gasteiger partial charge >= 0.3 is 5.69 Å². The Hall–Kier alpha value is -5.17. The Balaban J connectivity index is 1.31. The van der Waals surface area contributed by atoms with Gasteiger partial charge in [0.05, 0.1) is 16.1 Å². The summed E-state index contributed by atoms with van der Waals surface area (Å²) >= 11 is 5.63. The normalized spacial score (nSPS) is 18.4. The van der Waals surface area contributed by atoms with Crippen molar-refractivity contribution in [3.8, 4) is 0 Å². The molecule has 1 aliphatic rings. The summed E-state index contributed by atoms with van der Waals surface area (Å²) in [6, 6.07) is 61.1. The number of nitrogens with one attached hydrogen (secondary N) is 1. The lowest BCUT2D eigenvalue weighted by Crippen LogP contribution is -2.45. The monoisotopic (exact) mass is 942 g/mol. The highest BCUT2D eigenvalue weighted by molar-refractivity contribution is 14.1. The highest BCUT2D eigenvalue weighted by Gasteiger charge is 2.52. The van der Waals surface area contributed by atoms with Gasteiger partial charge in [-0.25, -0.2) is 4.79 Å². The Morgan fingerprint density at radius 2 is 1.00 bits per heavy atom. The Morgan fingerprint density at radius 1 is 0.621 bits per heavy atom. The van der Waals surface area contributed by atoms with Crippen molar-refractivity contribution < 1.29 is 14.2 Å². The lowest BCUT2D eigenvalue weighted by atomic mass is 9.79. The van der Waals surface area contributed by atoms with Crippen molar-refractivity contribution in [3.05, 3.63) is 253 Å². The van der Waals surface area contributed by atoms with E-state index in [1.54, 1.807) is 11.1 Å². The zero-order chi connectivity index (χ0) is 40.0. The van der Waals surface area contributed by atoms with Crippen LogP contribution >= 0.6 is 38.5 Å². The summed E-state index contributed by atoms with van der Waals surface area (Å²) < 4.78 is 23.2. The lowest BCUT2D eigenvalue weighted by Gasteiger charge is -2.41. The van der Waals surface area contributed by atoms with Crippen LogP contribution in [-0.2, 0) is 25.4 Å². The van der Waals surface area contributed by atoms with Gasteiger partial charge in [-0.3, -0.25) is 14.3 Å². The third kappa shape index (κ3) is 7.60. The predicted molar refractivity (Wildman–Crippen MR) is 240 cm³/mol. The van der Waals surface area contributed by atoms with Crippen LogP contribution in [0, 0.1) is 0 Å². The van der Waals surface area contributed by atoms with Crippen LogP contribution in [-0.4, -0.2) is 32.3 Å². The molecule has 0 unspecified atom stereocenters. The number of aromatic nitrogens is 2. The van der Waals surface area contributed by atoms with E-state index in [1.165, 1.54) is 10.8 Å². The molecule has 1 N–H and O–H groups in total. The number of hydrogen-bond acceptors (Lipinski definition) is 5. The maximum Gasteiger partial charge on any atom is 0.330 e. The van der Waals surface area contributed by atoms with Crippen LogP contribution in [0.2, 0.25) is 0 Å². The summed E-state index contributed by atoms with van der Waals surface area (Å²) in [5.74, 6) is 0. The molecule has 6 aromatic carbocycles. The molecule has 0 spiro atoms. The minimum absolute atomic E-state index is 0.0695. The number of halogens is 2. The van der Waals surface area contributed by atoms with E-state index in [0.29, 0.717) is 5.56 Å². The third-order valence-corrected chi connectivity index (χ3v) is 12.2. The van der Waals surface area contributed by atoms with Crippen LogP contribution in [0.5, 0.6) is 0 Å². The van der Waals surface area contributed by atoms with Crippen molar-refractivity contribution in [1.29, 1.82) is 0 Å². The Kier molecular flexibility index (Phi) is 12.1. The van der Waals surface area contributed by atoms with Gasteiger partial charge < -0.3 is 14.2 Å². The number of hydrogen-bond donors (Lipinski definition) is 1. The van der Waals surface area contributed by atoms with Crippen molar-refractivity contribution in [2.24, 2.45) is 0 Å². The van der Waals surface area contributed by atoms with E-state index in [0.717, 1.165) is 33.4 Å². The topological polar surface area (TPSA) is 82.6 Å². The highest BCUT2D eigenvalue weighted by Crippen LogP contribution is 2.48. The van der Waals surface area contributed by atoms with Gasteiger partial charge in [-0.15, -0.1) is 0 Å². The summed E-state index contributed by atoms with van der Waals surface area (Å²) in [5.41, 5.74) is 2.68.